The van der Waals surface area contributed by atoms with E-state index in [1.807, 2.05) is 11.0 Å². The molecule has 0 radical (unpaired) electrons. The first-order chi connectivity index (χ1) is 12.4. The minimum absolute atomic E-state index is 0.241. The number of anilines is 1. The number of aromatic nitrogens is 2. The van der Waals surface area contributed by atoms with E-state index in [1.54, 1.807) is 37.3 Å². The SMILES string of the molecule is COc1ccc(S(=O)(=O)N2CCN(c3nc(C)cc(C#N)n3)CC2)cc1. The Morgan fingerprint density at radius 1 is 1.12 bits per heavy atom. The summed E-state index contributed by atoms with van der Waals surface area (Å²) in [6.07, 6.45) is 0. The predicted octanol–water partition coefficient (Wildman–Crippen LogP) is 1.18. The first-order valence-corrected chi connectivity index (χ1v) is 9.53. The largest absolute Gasteiger partial charge is 0.497 e. The molecule has 1 aromatic heterocycles. The van der Waals surface area contributed by atoms with Gasteiger partial charge < -0.3 is 9.64 Å². The van der Waals surface area contributed by atoms with Gasteiger partial charge in [-0.3, -0.25) is 0 Å². The fraction of sp³-hybridized carbons (Fsp3) is 0.353. The van der Waals surface area contributed by atoms with Crippen LogP contribution in [0.25, 0.3) is 0 Å². The summed E-state index contributed by atoms with van der Waals surface area (Å²) in [6, 6.07) is 9.99. The molecule has 0 aliphatic carbocycles. The molecule has 1 aliphatic heterocycles. The molecule has 0 unspecified atom stereocenters. The molecule has 0 amide bonds. The lowest BCUT2D eigenvalue weighted by Gasteiger charge is -2.34. The summed E-state index contributed by atoms with van der Waals surface area (Å²) < 4.78 is 32.1. The van der Waals surface area contributed by atoms with Crippen LogP contribution in [0.3, 0.4) is 0 Å². The van der Waals surface area contributed by atoms with Crippen molar-refractivity contribution in [3.8, 4) is 11.8 Å². The van der Waals surface area contributed by atoms with Gasteiger partial charge in [0.05, 0.1) is 12.0 Å². The van der Waals surface area contributed by atoms with Crippen LogP contribution in [0.15, 0.2) is 35.2 Å². The van der Waals surface area contributed by atoms with Crippen molar-refractivity contribution in [2.45, 2.75) is 11.8 Å². The number of ether oxygens (including phenoxy) is 1. The number of methoxy groups -OCH3 is 1. The number of rotatable bonds is 4. The van der Waals surface area contributed by atoms with Crippen LogP contribution in [0.4, 0.5) is 5.95 Å². The van der Waals surface area contributed by atoms with E-state index in [4.69, 9.17) is 10.00 Å². The molecule has 1 aliphatic rings. The lowest BCUT2D eigenvalue weighted by molar-refractivity contribution is 0.382. The molecule has 0 saturated carbocycles. The number of aryl methyl sites for hydroxylation is 1. The lowest BCUT2D eigenvalue weighted by Crippen LogP contribution is -2.49. The van der Waals surface area contributed by atoms with Crippen LogP contribution >= 0.6 is 0 Å². The molecule has 0 spiro atoms. The second-order valence-corrected chi connectivity index (χ2v) is 7.81. The zero-order chi connectivity index (χ0) is 18.7. The molecule has 9 heteroatoms. The normalized spacial score (nSPS) is 15.5. The molecule has 136 valence electrons. The fourth-order valence-electron chi connectivity index (χ4n) is 2.78. The Hall–Kier alpha value is -2.70. The third kappa shape index (κ3) is 3.61. The molecule has 0 N–H and O–H groups in total. The smallest absolute Gasteiger partial charge is 0.243 e. The van der Waals surface area contributed by atoms with E-state index in [0.29, 0.717) is 49.3 Å². The molecule has 3 rings (SSSR count). The predicted molar refractivity (Wildman–Crippen MR) is 95.4 cm³/mol. The zero-order valence-corrected chi connectivity index (χ0v) is 15.4. The van der Waals surface area contributed by atoms with Crippen LogP contribution in [0.5, 0.6) is 5.75 Å². The average molecular weight is 373 g/mol. The highest BCUT2D eigenvalue weighted by atomic mass is 32.2. The number of hydrogen-bond donors (Lipinski definition) is 0. The van der Waals surface area contributed by atoms with Crippen molar-refractivity contribution in [3.05, 3.63) is 41.7 Å². The number of benzene rings is 1. The second kappa shape index (κ2) is 7.27. The minimum atomic E-state index is -3.56. The summed E-state index contributed by atoms with van der Waals surface area (Å²) in [5, 5.41) is 9.04. The Balaban J connectivity index is 1.73. The van der Waals surface area contributed by atoms with Crippen molar-refractivity contribution < 1.29 is 13.2 Å². The monoisotopic (exact) mass is 373 g/mol. The summed E-state index contributed by atoms with van der Waals surface area (Å²) in [5.41, 5.74) is 1.01. The van der Waals surface area contributed by atoms with Crippen LogP contribution in [0.1, 0.15) is 11.4 Å². The van der Waals surface area contributed by atoms with Crippen LogP contribution in [-0.4, -0.2) is 56.0 Å². The van der Waals surface area contributed by atoms with Gasteiger partial charge in [0.15, 0.2) is 0 Å². The molecule has 2 heterocycles. The summed E-state index contributed by atoms with van der Waals surface area (Å²) in [4.78, 5) is 10.7. The molecule has 1 aromatic carbocycles. The molecule has 0 bridgehead atoms. The molecular weight excluding hydrogens is 354 g/mol. The Kier molecular flexibility index (Phi) is 5.06. The maximum atomic E-state index is 12.8. The quantitative estimate of drug-likeness (QED) is 0.793. The standard InChI is InChI=1S/C17H19N5O3S/c1-13-11-14(12-18)20-17(19-13)21-7-9-22(10-8-21)26(23,24)16-5-3-15(25-2)4-6-16/h3-6,11H,7-10H2,1-2H3. The van der Waals surface area contributed by atoms with E-state index in [-0.39, 0.29) is 4.90 Å². The van der Waals surface area contributed by atoms with Crippen LogP contribution in [-0.2, 0) is 10.0 Å². The van der Waals surface area contributed by atoms with Crippen molar-refractivity contribution in [2.75, 3.05) is 38.2 Å². The summed E-state index contributed by atoms with van der Waals surface area (Å²) in [5.74, 6) is 1.07. The molecule has 2 aromatic rings. The van der Waals surface area contributed by atoms with E-state index in [1.165, 1.54) is 11.4 Å². The number of nitrogens with zero attached hydrogens (tertiary/aromatic N) is 5. The van der Waals surface area contributed by atoms with Crippen molar-refractivity contribution in [1.29, 1.82) is 5.26 Å². The number of nitriles is 1. The molecule has 8 nitrogen and oxygen atoms in total. The van der Waals surface area contributed by atoms with E-state index >= 15 is 0 Å². The first kappa shape index (κ1) is 18.1. The molecule has 1 saturated heterocycles. The Morgan fingerprint density at radius 3 is 2.35 bits per heavy atom. The zero-order valence-electron chi connectivity index (χ0n) is 14.6. The molecule has 26 heavy (non-hydrogen) atoms. The Morgan fingerprint density at radius 2 is 1.77 bits per heavy atom. The van der Waals surface area contributed by atoms with Gasteiger partial charge in [0.25, 0.3) is 0 Å². The van der Waals surface area contributed by atoms with Gasteiger partial charge in [-0.25, -0.2) is 18.4 Å². The van der Waals surface area contributed by atoms with Gasteiger partial charge in [0.1, 0.15) is 17.5 Å². The maximum Gasteiger partial charge on any atom is 0.243 e. The summed E-state index contributed by atoms with van der Waals surface area (Å²) in [7, 11) is -2.02. The minimum Gasteiger partial charge on any atom is -0.497 e. The van der Waals surface area contributed by atoms with Gasteiger partial charge in [-0.2, -0.15) is 9.57 Å². The summed E-state index contributed by atoms with van der Waals surface area (Å²) in [6.45, 7) is 3.38. The van der Waals surface area contributed by atoms with Crippen molar-refractivity contribution in [1.82, 2.24) is 14.3 Å². The average Bonchev–Trinajstić information content (AvgIpc) is 2.67. The van der Waals surface area contributed by atoms with Gasteiger partial charge in [-0.1, -0.05) is 0 Å². The van der Waals surface area contributed by atoms with E-state index in [0.717, 1.165) is 0 Å². The highest BCUT2D eigenvalue weighted by Gasteiger charge is 2.29. The third-order valence-electron chi connectivity index (χ3n) is 4.18. The number of sulfonamides is 1. The Bertz CT molecular complexity index is 930. The van der Waals surface area contributed by atoms with Crippen molar-refractivity contribution in [3.63, 3.8) is 0 Å². The van der Waals surface area contributed by atoms with Crippen molar-refractivity contribution >= 4 is 16.0 Å². The molecular formula is C17H19N5O3S. The second-order valence-electron chi connectivity index (χ2n) is 5.87. The highest BCUT2D eigenvalue weighted by molar-refractivity contribution is 7.89. The maximum absolute atomic E-state index is 12.8. The molecule has 1 fully saturated rings. The highest BCUT2D eigenvalue weighted by Crippen LogP contribution is 2.22. The van der Waals surface area contributed by atoms with Gasteiger partial charge in [0, 0.05) is 31.9 Å². The van der Waals surface area contributed by atoms with Gasteiger partial charge in [0.2, 0.25) is 16.0 Å². The molecule has 0 atom stereocenters. The van der Waals surface area contributed by atoms with Gasteiger partial charge in [-0.15, -0.1) is 0 Å². The third-order valence-corrected chi connectivity index (χ3v) is 6.09. The first-order valence-electron chi connectivity index (χ1n) is 8.09. The van der Waals surface area contributed by atoms with Gasteiger partial charge >= 0.3 is 0 Å². The summed E-state index contributed by atoms with van der Waals surface area (Å²) >= 11 is 0. The van der Waals surface area contributed by atoms with E-state index < -0.39 is 10.0 Å². The fourth-order valence-corrected chi connectivity index (χ4v) is 4.20. The van der Waals surface area contributed by atoms with E-state index in [9.17, 15) is 8.42 Å². The topological polar surface area (TPSA) is 99.4 Å². The number of piperazine rings is 1. The van der Waals surface area contributed by atoms with Crippen LogP contribution < -0.4 is 9.64 Å². The van der Waals surface area contributed by atoms with Crippen LogP contribution in [0, 0.1) is 18.3 Å². The lowest BCUT2D eigenvalue weighted by atomic mass is 10.3. The van der Waals surface area contributed by atoms with Crippen LogP contribution in [0.2, 0.25) is 0 Å². The van der Waals surface area contributed by atoms with Crippen molar-refractivity contribution in [2.24, 2.45) is 0 Å². The van der Waals surface area contributed by atoms with E-state index in [2.05, 4.69) is 9.97 Å². The van der Waals surface area contributed by atoms with Gasteiger partial charge in [-0.05, 0) is 37.3 Å². The number of hydrogen-bond acceptors (Lipinski definition) is 7. The Labute approximate surface area is 152 Å².